The number of unbranched alkanes of at least 4 members (excludes halogenated alkanes) is 35. The second kappa shape index (κ2) is 46.1. The van der Waals surface area contributed by atoms with E-state index in [1.807, 2.05) is 0 Å². The minimum absolute atomic E-state index is 0.0625. The van der Waals surface area contributed by atoms with Crippen molar-refractivity contribution in [3.63, 3.8) is 0 Å². The van der Waals surface area contributed by atoms with Gasteiger partial charge in [-0.25, -0.2) is 0 Å². The first-order chi connectivity index (χ1) is 27.5. The number of carbonyl (C=O) groups excluding carboxylic acids is 3. The van der Waals surface area contributed by atoms with Crippen molar-refractivity contribution in [2.24, 2.45) is 0 Å². The molecule has 0 aliphatic rings. The number of hydrogen-bond acceptors (Lipinski definition) is 6. The quantitative estimate of drug-likeness (QED) is 0.0347. The molecule has 0 N–H and O–H groups in total. The number of carbonyl (C=O) groups is 3. The first-order valence-electron chi connectivity index (χ1n) is 25.0. The maximum absolute atomic E-state index is 12.7. The molecule has 332 valence electrons. The third kappa shape index (κ3) is 43.5. The van der Waals surface area contributed by atoms with Crippen molar-refractivity contribution >= 4 is 17.9 Å². The van der Waals surface area contributed by atoms with Crippen LogP contribution in [0.3, 0.4) is 0 Å². The van der Waals surface area contributed by atoms with E-state index in [4.69, 9.17) is 14.2 Å². The molecular formula is C50H96O6. The average Bonchev–Trinajstić information content (AvgIpc) is 3.19. The van der Waals surface area contributed by atoms with Crippen molar-refractivity contribution in [2.45, 2.75) is 290 Å². The van der Waals surface area contributed by atoms with Gasteiger partial charge >= 0.3 is 17.9 Å². The van der Waals surface area contributed by atoms with Crippen LogP contribution in [0.5, 0.6) is 0 Å². The first kappa shape index (κ1) is 54.4. The topological polar surface area (TPSA) is 78.9 Å². The molecular weight excluding hydrogens is 697 g/mol. The van der Waals surface area contributed by atoms with Gasteiger partial charge in [0.1, 0.15) is 13.2 Å². The molecule has 6 nitrogen and oxygen atoms in total. The number of esters is 3. The van der Waals surface area contributed by atoms with E-state index in [1.54, 1.807) is 0 Å². The molecule has 0 heterocycles. The van der Waals surface area contributed by atoms with Gasteiger partial charge in [0.05, 0.1) is 0 Å². The van der Waals surface area contributed by atoms with Crippen LogP contribution in [0, 0.1) is 0 Å². The highest BCUT2D eigenvalue weighted by atomic mass is 16.6. The smallest absolute Gasteiger partial charge is 0.306 e. The lowest BCUT2D eigenvalue weighted by Crippen LogP contribution is -2.30. The number of hydrogen-bond donors (Lipinski definition) is 0. The van der Waals surface area contributed by atoms with Gasteiger partial charge in [-0.3, -0.25) is 14.4 Å². The van der Waals surface area contributed by atoms with Crippen molar-refractivity contribution < 1.29 is 28.6 Å². The Morgan fingerprint density at radius 2 is 0.482 bits per heavy atom. The lowest BCUT2D eigenvalue weighted by Gasteiger charge is -2.18. The predicted octanol–water partition coefficient (Wildman–Crippen LogP) is 16.0. The van der Waals surface area contributed by atoms with Crippen LogP contribution in [0.1, 0.15) is 284 Å². The van der Waals surface area contributed by atoms with E-state index in [-0.39, 0.29) is 31.1 Å². The summed E-state index contributed by atoms with van der Waals surface area (Å²) in [5.41, 5.74) is 0. The van der Waals surface area contributed by atoms with Crippen molar-refractivity contribution in [1.29, 1.82) is 0 Å². The van der Waals surface area contributed by atoms with Gasteiger partial charge in [0.2, 0.25) is 0 Å². The normalized spacial score (nSPS) is 11.8. The monoisotopic (exact) mass is 793 g/mol. The Morgan fingerprint density at radius 1 is 0.286 bits per heavy atom. The van der Waals surface area contributed by atoms with Gasteiger partial charge < -0.3 is 14.2 Å². The van der Waals surface area contributed by atoms with Gasteiger partial charge in [-0.15, -0.1) is 0 Å². The molecule has 56 heavy (non-hydrogen) atoms. The first-order valence-corrected chi connectivity index (χ1v) is 25.0. The van der Waals surface area contributed by atoms with E-state index in [1.165, 1.54) is 186 Å². The van der Waals surface area contributed by atoms with Crippen LogP contribution in [-0.4, -0.2) is 37.2 Å². The van der Waals surface area contributed by atoms with Crippen molar-refractivity contribution in [1.82, 2.24) is 0 Å². The summed E-state index contributed by atoms with van der Waals surface area (Å²) in [6.07, 6.45) is 48.1. The molecule has 0 fully saturated rings. The Bertz CT molecular complexity index is 828. The largest absolute Gasteiger partial charge is 0.462 e. The third-order valence-corrected chi connectivity index (χ3v) is 11.4. The Labute approximate surface area is 348 Å². The summed E-state index contributed by atoms with van der Waals surface area (Å²) in [4.78, 5) is 37.7. The Morgan fingerprint density at radius 3 is 0.714 bits per heavy atom. The molecule has 0 aromatic carbocycles. The van der Waals surface area contributed by atoms with Crippen LogP contribution >= 0.6 is 0 Å². The molecule has 1 atom stereocenters. The number of ether oxygens (including phenoxy) is 3. The second-order valence-electron chi connectivity index (χ2n) is 17.1. The van der Waals surface area contributed by atoms with Crippen LogP contribution < -0.4 is 0 Å². The summed E-state index contributed by atoms with van der Waals surface area (Å²) in [5.74, 6) is -0.851. The van der Waals surface area contributed by atoms with Crippen LogP contribution in [0.2, 0.25) is 0 Å². The maximum Gasteiger partial charge on any atom is 0.306 e. The van der Waals surface area contributed by atoms with Crippen molar-refractivity contribution in [3.05, 3.63) is 0 Å². The third-order valence-electron chi connectivity index (χ3n) is 11.4. The lowest BCUT2D eigenvalue weighted by molar-refractivity contribution is -0.167. The SMILES string of the molecule is CCCCCCCCCCCCCCCCCCCC(=O)OCC(COC(=O)CCCCCCCCC)OC(=O)CCCCCCCCCCCCCCCC. The van der Waals surface area contributed by atoms with Crippen LogP contribution in [0.4, 0.5) is 0 Å². The summed E-state index contributed by atoms with van der Waals surface area (Å²) in [5, 5.41) is 0. The molecule has 0 spiro atoms. The highest BCUT2D eigenvalue weighted by Gasteiger charge is 2.19. The molecule has 0 saturated carbocycles. The number of rotatable bonds is 46. The Balaban J connectivity index is 4.20. The Kier molecular flexibility index (Phi) is 44.8. The fourth-order valence-corrected chi connectivity index (χ4v) is 7.56. The average molecular weight is 793 g/mol. The highest BCUT2D eigenvalue weighted by Crippen LogP contribution is 2.16. The summed E-state index contributed by atoms with van der Waals surface area (Å²) in [6.45, 7) is 6.64. The van der Waals surface area contributed by atoms with Gasteiger partial charge in [0, 0.05) is 19.3 Å². The van der Waals surface area contributed by atoms with E-state index in [0.29, 0.717) is 19.3 Å². The lowest BCUT2D eigenvalue weighted by atomic mass is 10.0. The molecule has 0 aromatic rings. The molecule has 0 bridgehead atoms. The molecule has 0 saturated heterocycles. The van der Waals surface area contributed by atoms with Gasteiger partial charge in [0.25, 0.3) is 0 Å². The fourth-order valence-electron chi connectivity index (χ4n) is 7.56. The van der Waals surface area contributed by atoms with Crippen LogP contribution in [-0.2, 0) is 28.6 Å². The molecule has 0 rings (SSSR count). The zero-order chi connectivity index (χ0) is 40.8. The van der Waals surface area contributed by atoms with Crippen molar-refractivity contribution in [3.8, 4) is 0 Å². The minimum atomic E-state index is -0.758. The molecule has 0 radical (unpaired) electrons. The van der Waals surface area contributed by atoms with Crippen LogP contribution in [0.15, 0.2) is 0 Å². The molecule has 0 aromatic heterocycles. The summed E-state index contributed by atoms with van der Waals surface area (Å²) in [6, 6.07) is 0. The summed E-state index contributed by atoms with van der Waals surface area (Å²) >= 11 is 0. The molecule has 1 unspecified atom stereocenters. The van der Waals surface area contributed by atoms with Gasteiger partial charge in [0.15, 0.2) is 6.10 Å². The summed E-state index contributed by atoms with van der Waals surface area (Å²) < 4.78 is 16.7. The molecule has 0 aliphatic carbocycles. The van der Waals surface area contributed by atoms with E-state index in [9.17, 15) is 14.4 Å². The van der Waals surface area contributed by atoms with Crippen molar-refractivity contribution in [2.75, 3.05) is 13.2 Å². The Hall–Kier alpha value is -1.59. The van der Waals surface area contributed by atoms with E-state index in [2.05, 4.69) is 20.8 Å². The van der Waals surface area contributed by atoms with Gasteiger partial charge in [-0.1, -0.05) is 245 Å². The van der Waals surface area contributed by atoms with E-state index < -0.39 is 6.10 Å². The maximum atomic E-state index is 12.7. The zero-order valence-electron chi connectivity index (χ0n) is 37.9. The van der Waals surface area contributed by atoms with E-state index in [0.717, 1.165) is 57.8 Å². The zero-order valence-corrected chi connectivity index (χ0v) is 37.9. The van der Waals surface area contributed by atoms with E-state index >= 15 is 0 Å². The fraction of sp³-hybridized carbons (Fsp3) is 0.940. The summed E-state index contributed by atoms with van der Waals surface area (Å²) in [7, 11) is 0. The van der Waals surface area contributed by atoms with Crippen LogP contribution in [0.25, 0.3) is 0 Å². The minimum Gasteiger partial charge on any atom is -0.462 e. The highest BCUT2D eigenvalue weighted by molar-refractivity contribution is 5.71. The molecule has 0 amide bonds. The second-order valence-corrected chi connectivity index (χ2v) is 17.1. The molecule has 0 aliphatic heterocycles. The molecule has 6 heteroatoms. The standard InChI is InChI=1S/C50H96O6/c1-4-7-10-13-16-18-20-22-24-25-26-28-29-31-34-37-40-43-49(52)55-46-47(45-54-48(51)42-39-36-33-15-12-9-6-3)56-50(53)44-41-38-35-32-30-27-23-21-19-17-14-11-8-5-2/h47H,4-46H2,1-3H3. The predicted molar refractivity (Wildman–Crippen MR) is 238 cm³/mol. The van der Waals surface area contributed by atoms with Gasteiger partial charge in [-0.2, -0.15) is 0 Å². The van der Waals surface area contributed by atoms with Gasteiger partial charge in [-0.05, 0) is 19.3 Å².